The standard InChI is InChI=1S/C12H16ClN3O/c1-8-4-6-15-12(13)11(8)16-10(17)7-9-3-2-5-14-9/h4,6,9,14H,2-3,5,7H2,1H3,(H,16,17). The first kappa shape index (κ1) is 12.3. The van der Waals surface area contributed by atoms with Gasteiger partial charge >= 0.3 is 0 Å². The van der Waals surface area contributed by atoms with Gasteiger partial charge in [0.05, 0.1) is 5.69 Å². The molecule has 0 saturated carbocycles. The van der Waals surface area contributed by atoms with E-state index in [-0.39, 0.29) is 5.91 Å². The Morgan fingerprint density at radius 1 is 1.71 bits per heavy atom. The van der Waals surface area contributed by atoms with Crippen LogP contribution in [0.25, 0.3) is 0 Å². The Hall–Kier alpha value is -1.13. The maximum Gasteiger partial charge on any atom is 0.226 e. The third-order valence-electron chi connectivity index (χ3n) is 2.97. The van der Waals surface area contributed by atoms with E-state index in [0.29, 0.717) is 23.3 Å². The highest BCUT2D eigenvalue weighted by Gasteiger charge is 2.18. The Bertz CT molecular complexity index is 396. The fourth-order valence-electron chi connectivity index (χ4n) is 2.02. The number of aromatic nitrogens is 1. The normalized spacial score (nSPS) is 19.3. The Morgan fingerprint density at radius 2 is 2.53 bits per heavy atom. The summed E-state index contributed by atoms with van der Waals surface area (Å²) in [7, 11) is 0. The van der Waals surface area contributed by atoms with Crippen LogP contribution in [-0.2, 0) is 4.79 Å². The van der Waals surface area contributed by atoms with Gasteiger partial charge in [-0.2, -0.15) is 0 Å². The summed E-state index contributed by atoms with van der Waals surface area (Å²) in [6.07, 6.45) is 4.33. The smallest absolute Gasteiger partial charge is 0.226 e. The number of nitrogens with zero attached hydrogens (tertiary/aromatic N) is 1. The summed E-state index contributed by atoms with van der Waals surface area (Å²) in [6.45, 7) is 2.90. The fraction of sp³-hybridized carbons (Fsp3) is 0.500. The molecule has 2 heterocycles. The SMILES string of the molecule is Cc1ccnc(Cl)c1NC(=O)CC1CCCN1. The van der Waals surface area contributed by atoms with Gasteiger partial charge in [0.1, 0.15) is 0 Å². The third kappa shape index (κ3) is 3.17. The first-order valence-corrected chi connectivity index (χ1v) is 6.19. The number of hydrogen-bond donors (Lipinski definition) is 2. The minimum absolute atomic E-state index is 0.0117. The number of hydrogen-bond acceptors (Lipinski definition) is 3. The second-order valence-corrected chi connectivity index (χ2v) is 4.70. The van der Waals surface area contributed by atoms with Gasteiger partial charge in [0.2, 0.25) is 5.91 Å². The predicted octanol–water partition coefficient (Wildman–Crippen LogP) is 2.12. The minimum Gasteiger partial charge on any atom is -0.323 e. The van der Waals surface area contributed by atoms with Crippen molar-refractivity contribution in [1.82, 2.24) is 10.3 Å². The van der Waals surface area contributed by atoms with E-state index in [1.165, 1.54) is 0 Å². The monoisotopic (exact) mass is 253 g/mol. The number of rotatable bonds is 3. The molecule has 1 fully saturated rings. The first-order valence-electron chi connectivity index (χ1n) is 5.81. The van der Waals surface area contributed by atoms with Crippen molar-refractivity contribution in [3.63, 3.8) is 0 Å². The van der Waals surface area contributed by atoms with Gasteiger partial charge in [-0.25, -0.2) is 4.98 Å². The number of halogens is 1. The van der Waals surface area contributed by atoms with Crippen LogP contribution in [0.5, 0.6) is 0 Å². The van der Waals surface area contributed by atoms with E-state index in [9.17, 15) is 4.79 Å². The van der Waals surface area contributed by atoms with Crippen LogP contribution in [0.4, 0.5) is 5.69 Å². The lowest BCUT2D eigenvalue weighted by molar-refractivity contribution is -0.116. The minimum atomic E-state index is -0.0117. The van der Waals surface area contributed by atoms with E-state index in [4.69, 9.17) is 11.6 Å². The summed E-state index contributed by atoms with van der Waals surface area (Å²) in [4.78, 5) is 15.8. The van der Waals surface area contributed by atoms with Crippen LogP contribution in [0, 0.1) is 6.92 Å². The van der Waals surface area contributed by atoms with E-state index >= 15 is 0 Å². The molecule has 1 aromatic heterocycles. The molecule has 1 aliphatic heterocycles. The fourth-order valence-corrected chi connectivity index (χ4v) is 2.27. The van der Waals surface area contributed by atoms with Crippen LogP contribution in [0.1, 0.15) is 24.8 Å². The molecule has 1 saturated heterocycles. The van der Waals surface area contributed by atoms with E-state index in [1.807, 2.05) is 13.0 Å². The van der Waals surface area contributed by atoms with Crippen molar-refractivity contribution in [2.75, 3.05) is 11.9 Å². The van der Waals surface area contributed by atoms with Crippen LogP contribution in [0.3, 0.4) is 0 Å². The summed E-state index contributed by atoms with van der Waals surface area (Å²) in [5.41, 5.74) is 1.55. The average molecular weight is 254 g/mol. The topological polar surface area (TPSA) is 54.0 Å². The van der Waals surface area contributed by atoms with E-state index in [1.54, 1.807) is 6.20 Å². The maximum absolute atomic E-state index is 11.8. The molecule has 5 heteroatoms. The molecule has 0 spiro atoms. The van der Waals surface area contributed by atoms with Crippen LogP contribution in [-0.4, -0.2) is 23.5 Å². The summed E-state index contributed by atoms with van der Waals surface area (Å²) in [5, 5.41) is 6.47. The number of anilines is 1. The molecule has 2 N–H and O–H groups in total. The zero-order valence-corrected chi connectivity index (χ0v) is 10.5. The highest BCUT2D eigenvalue weighted by molar-refractivity contribution is 6.32. The van der Waals surface area contributed by atoms with Crippen molar-refractivity contribution in [2.24, 2.45) is 0 Å². The van der Waals surface area contributed by atoms with Gasteiger partial charge < -0.3 is 10.6 Å². The number of aryl methyl sites for hydroxylation is 1. The molecule has 2 rings (SSSR count). The lowest BCUT2D eigenvalue weighted by atomic mass is 10.1. The molecule has 0 aromatic carbocycles. The zero-order valence-electron chi connectivity index (χ0n) is 9.79. The predicted molar refractivity (Wildman–Crippen MR) is 68.3 cm³/mol. The summed E-state index contributed by atoms with van der Waals surface area (Å²) >= 11 is 5.95. The Morgan fingerprint density at radius 3 is 3.18 bits per heavy atom. The molecular formula is C12H16ClN3O. The third-order valence-corrected chi connectivity index (χ3v) is 3.26. The van der Waals surface area contributed by atoms with Gasteiger partial charge in [-0.1, -0.05) is 11.6 Å². The van der Waals surface area contributed by atoms with Crippen molar-refractivity contribution < 1.29 is 4.79 Å². The number of pyridine rings is 1. The van der Waals surface area contributed by atoms with Gasteiger partial charge in [-0.05, 0) is 37.9 Å². The maximum atomic E-state index is 11.8. The molecule has 1 amide bonds. The lowest BCUT2D eigenvalue weighted by Crippen LogP contribution is -2.27. The summed E-state index contributed by atoms with van der Waals surface area (Å²) in [5.74, 6) is -0.0117. The van der Waals surface area contributed by atoms with Crippen molar-refractivity contribution in [3.05, 3.63) is 23.0 Å². The highest BCUT2D eigenvalue weighted by Crippen LogP contribution is 2.23. The van der Waals surface area contributed by atoms with Gasteiger partial charge in [0, 0.05) is 18.7 Å². The quantitative estimate of drug-likeness (QED) is 0.812. The lowest BCUT2D eigenvalue weighted by Gasteiger charge is -2.12. The van der Waals surface area contributed by atoms with Gasteiger partial charge in [0.15, 0.2) is 5.15 Å². The van der Waals surface area contributed by atoms with Gasteiger partial charge in [-0.3, -0.25) is 4.79 Å². The molecule has 4 nitrogen and oxygen atoms in total. The molecule has 0 bridgehead atoms. The largest absolute Gasteiger partial charge is 0.323 e. The second kappa shape index (κ2) is 5.47. The van der Waals surface area contributed by atoms with Crippen molar-refractivity contribution in [1.29, 1.82) is 0 Å². The molecular weight excluding hydrogens is 238 g/mol. The number of carbonyl (C=O) groups excluding carboxylic acids is 1. The molecule has 1 atom stereocenters. The van der Waals surface area contributed by atoms with Crippen molar-refractivity contribution >= 4 is 23.2 Å². The zero-order chi connectivity index (χ0) is 12.3. The summed E-state index contributed by atoms with van der Waals surface area (Å²) in [6, 6.07) is 2.13. The Labute approximate surface area is 106 Å². The molecule has 0 radical (unpaired) electrons. The molecule has 1 unspecified atom stereocenters. The number of nitrogens with one attached hydrogen (secondary N) is 2. The van der Waals surface area contributed by atoms with Crippen LogP contribution in [0.15, 0.2) is 12.3 Å². The summed E-state index contributed by atoms with van der Waals surface area (Å²) < 4.78 is 0. The molecule has 0 aliphatic carbocycles. The second-order valence-electron chi connectivity index (χ2n) is 4.34. The number of amides is 1. The van der Waals surface area contributed by atoms with Gasteiger partial charge in [0.25, 0.3) is 0 Å². The van der Waals surface area contributed by atoms with E-state index in [2.05, 4.69) is 15.6 Å². The number of carbonyl (C=O) groups is 1. The van der Waals surface area contributed by atoms with Gasteiger partial charge in [-0.15, -0.1) is 0 Å². The van der Waals surface area contributed by atoms with Crippen LogP contribution < -0.4 is 10.6 Å². The highest BCUT2D eigenvalue weighted by atomic mass is 35.5. The average Bonchev–Trinajstić information content (AvgIpc) is 2.76. The Kier molecular flexibility index (Phi) is 3.97. The molecule has 92 valence electrons. The van der Waals surface area contributed by atoms with E-state index in [0.717, 1.165) is 24.9 Å². The van der Waals surface area contributed by atoms with Crippen LogP contribution in [0.2, 0.25) is 5.15 Å². The molecule has 1 aromatic rings. The van der Waals surface area contributed by atoms with Crippen LogP contribution >= 0.6 is 11.6 Å². The van der Waals surface area contributed by atoms with E-state index < -0.39 is 0 Å². The van der Waals surface area contributed by atoms with Crippen molar-refractivity contribution in [3.8, 4) is 0 Å². The first-order chi connectivity index (χ1) is 8.16. The van der Waals surface area contributed by atoms with Crippen molar-refractivity contribution in [2.45, 2.75) is 32.2 Å². The Balaban J connectivity index is 1.97. The molecule has 17 heavy (non-hydrogen) atoms. The molecule has 1 aliphatic rings.